The summed E-state index contributed by atoms with van der Waals surface area (Å²) in [6, 6.07) is 7.66. The average molecular weight is 354 g/mol. The smallest absolute Gasteiger partial charge is 0.338 e. The van der Waals surface area contributed by atoms with Gasteiger partial charge in [0.15, 0.2) is 0 Å². The molecule has 0 fully saturated rings. The van der Waals surface area contributed by atoms with Crippen molar-refractivity contribution < 1.29 is 14.3 Å². The molecule has 1 unspecified atom stereocenters. The molecule has 3 heteroatoms. The minimum atomic E-state index is -0.261. The monoisotopic (exact) mass is 354 g/mol. The van der Waals surface area contributed by atoms with Crippen LogP contribution in [0.5, 0.6) is 0 Å². The highest BCUT2D eigenvalue weighted by Gasteiger charge is 2.35. The van der Waals surface area contributed by atoms with Gasteiger partial charge in [-0.25, -0.2) is 4.79 Å². The fourth-order valence-corrected chi connectivity index (χ4v) is 4.05. The van der Waals surface area contributed by atoms with Crippen LogP contribution in [0.25, 0.3) is 6.08 Å². The third-order valence-corrected chi connectivity index (χ3v) is 5.79. The molecule has 1 aliphatic heterocycles. The van der Waals surface area contributed by atoms with Gasteiger partial charge in [-0.15, -0.1) is 0 Å². The molecule has 1 atom stereocenters. The number of hydrogen-bond donors (Lipinski definition) is 0. The molecule has 0 amide bonds. The van der Waals surface area contributed by atoms with Gasteiger partial charge in [-0.1, -0.05) is 37.6 Å². The van der Waals surface area contributed by atoms with Crippen molar-refractivity contribution in [3.8, 4) is 0 Å². The summed E-state index contributed by atoms with van der Waals surface area (Å²) in [7, 11) is 0. The highest BCUT2D eigenvalue weighted by atomic mass is 16.5. The number of hydrogen-bond acceptors (Lipinski definition) is 3. The van der Waals surface area contributed by atoms with E-state index in [0.717, 1.165) is 31.4 Å². The molecule has 0 spiro atoms. The Bertz CT molecular complexity index is 722. The van der Waals surface area contributed by atoms with Crippen molar-refractivity contribution in [3.05, 3.63) is 52.3 Å². The number of esters is 1. The van der Waals surface area contributed by atoms with Crippen molar-refractivity contribution in [2.45, 2.75) is 53.4 Å². The molecule has 1 aromatic carbocycles. The Morgan fingerprint density at radius 1 is 1.31 bits per heavy atom. The van der Waals surface area contributed by atoms with Gasteiger partial charge in [-0.2, -0.15) is 0 Å². The lowest BCUT2D eigenvalue weighted by molar-refractivity contribution is 0.0526. The molecule has 0 radical (unpaired) electrons. The van der Waals surface area contributed by atoms with Crippen molar-refractivity contribution in [1.29, 1.82) is 0 Å². The standard InChI is InChI=1S/C23H30O3/c1-5-25-22(24)18-8-6-17(7-9-18)14-16(2)19-10-11-20-21(15-19)26-13-12-23(20,3)4/h6-9,14,19H,5,10-13,15H2,1-4H3/b16-14+. The fourth-order valence-electron chi connectivity index (χ4n) is 4.05. The molecule has 1 aliphatic carbocycles. The molecule has 3 rings (SSSR count). The van der Waals surface area contributed by atoms with Crippen LogP contribution in [-0.2, 0) is 9.47 Å². The predicted octanol–water partition coefficient (Wildman–Crippen LogP) is 5.77. The second-order valence-corrected chi connectivity index (χ2v) is 8.05. The normalized spacial score (nSPS) is 22.5. The third-order valence-electron chi connectivity index (χ3n) is 5.79. The maximum Gasteiger partial charge on any atom is 0.338 e. The van der Waals surface area contributed by atoms with E-state index in [-0.39, 0.29) is 5.97 Å². The maximum absolute atomic E-state index is 11.8. The van der Waals surface area contributed by atoms with Gasteiger partial charge in [0.25, 0.3) is 0 Å². The summed E-state index contributed by atoms with van der Waals surface area (Å²) in [4.78, 5) is 11.8. The first-order valence-corrected chi connectivity index (χ1v) is 9.71. The molecule has 26 heavy (non-hydrogen) atoms. The first-order valence-electron chi connectivity index (χ1n) is 9.71. The topological polar surface area (TPSA) is 35.5 Å². The molecule has 0 bridgehead atoms. The summed E-state index contributed by atoms with van der Waals surface area (Å²) in [5, 5.41) is 0. The second-order valence-electron chi connectivity index (χ2n) is 8.05. The summed E-state index contributed by atoms with van der Waals surface area (Å²) in [5.74, 6) is 1.51. The van der Waals surface area contributed by atoms with Crippen molar-refractivity contribution in [3.63, 3.8) is 0 Å². The van der Waals surface area contributed by atoms with Gasteiger partial charge in [-0.05, 0) is 67.7 Å². The average Bonchev–Trinajstić information content (AvgIpc) is 2.62. The van der Waals surface area contributed by atoms with E-state index in [1.165, 1.54) is 23.3 Å². The maximum atomic E-state index is 11.8. The van der Waals surface area contributed by atoms with Crippen LogP contribution in [-0.4, -0.2) is 19.2 Å². The molecule has 1 heterocycles. The minimum Gasteiger partial charge on any atom is -0.498 e. The summed E-state index contributed by atoms with van der Waals surface area (Å²) < 4.78 is 11.1. The first kappa shape index (κ1) is 18.8. The summed E-state index contributed by atoms with van der Waals surface area (Å²) in [5.41, 5.74) is 4.94. The van der Waals surface area contributed by atoms with Gasteiger partial charge in [-0.3, -0.25) is 0 Å². The van der Waals surface area contributed by atoms with Crippen molar-refractivity contribution in [1.82, 2.24) is 0 Å². The predicted molar refractivity (Wildman–Crippen MR) is 105 cm³/mol. The van der Waals surface area contributed by atoms with E-state index in [2.05, 4.69) is 26.8 Å². The number of rotatable bonds is 4. The van der Waals surface area contributed by atoms with E-state index in [1.54, 1.807) is 0 Å². The van der Waals surface area contributed by atoms with Gasteiger partial charge in [0.05, 0.1) is 24.5 Å². The van der Waals surface area contributed by atoms with Crippen LogP contribution in [0.15, 0.2) is 41.2 Å². The van der Waals surface area contributed by atoms with Crippen molar-refractivity contribution >= 4 is 12.0 Å². The molecule has 140 valence electrons. The molecule has 3 nitrogen and oxygen atoms in total. The Morgan fingerprint density at radius 3 is 2.73 bits per heavy atom. The molecule has 1 aromatic rings. The zero-order valence-corrected chi connectivity index (χ0v) is 16.4. The van der Waals surface area contributed by atoms with Crippen LogP contribution in [0.2, 0.25) is 0 Å². The van der Waals surface area contributed by atoms with Crippen molar-refractivity contribution in [2.75, 3.05) is 13.2 Å². The highest BCUT2D eigenvalue weighted by Crippen LogP contribution is 2.46. The SMILES string of the molecule is CCOC(=O)c1ccc(/C=C(\C)C2CCC3=C(C2)OCCC3(C)C)cc1. The molecule has 0 saturated heterocycles. The molecule has 0 saturated carbocycles. The Labute approximate surface area is 157 Å². The summed E-state index contributed by atoms with van der Waals surface area (Å²) in [6.45, 7) is 9.97. The molecular weight excluding hydrogens is 324 g/mol. The second kappa shape index (κ2) is 7.69. The van der Waals surface area contributed by atoms with E-state index < -0.39 is 0 Å². The van der Waals surface area contributed by atoms with Gasteiger partial charge < -0.3 is 9.47 Å². The van der Waals surface area contributed by atoms with Gasteiger partial charge in [0.2, 0.25) is 0 Å². The van der Waals surface area contributed by atoms with Crippen LogP contribution in [0.4, 0.5) is 0 Å². The van der Waals surface area contributed by atoms with E-state index in [1.807, 2.05) is 31.2 Å². The lowest BCUT2D eigenvalue weighted by Gasteiger charge is -2.40. The lowest BCUT2D eigenvalue weighted by Crippen LogP contribution is -2.29. The van der Waals surface area contributed by atoms with Gasteiger partial charge in [0, 0.05) is 6.42 Å². The molecule has 0 N–H and O–H groups in total. The van der Waals surface area contributed by atoms with Gasteiger partial charge in [0.1, 0.15) is 0 Å². The Morgan fingerprint density at radius 2 is 2.04 bits per heavy atom. The molecule has 0 aromatic heterocycles. The number of benzene rings is 1. The van der Waals surface area contributed by atoms with E-state index in [9.17, 15) is 4.79 Å². The third kappa shape index (κ3) is 4.03. The fraction of sp³-hybridized carbons (Fsp3) is 0.522. The van der Waals surface area contributed by atoms with E-state index >= 15 is 0 Å². The molecular formula is C23H30O3. The van der Waals surface area contributed by atoms with Crippen LogP contribution in [0.1, 0.15) is 69.3 Å². The number of ether oxygens (including phenoxy) is 2. The Hall–Kier alpha value is -2.03. The quantitative estimate of drug-likeness (QED) is 0.644. The zero-order valence-electron chi connectivity index (χ0n) is 16.4. The lowest BCUT2D eigenvalue weighted by atomic mass is 9.71. The number of allylic oxidation sites excluding steroid dienone is 3. The first-order chi connectivity index (χ1) is 12.4. The van der Waals surface area contributed by atoms with Crippen molar-refractivity contribution in [2.24, 2.45) is 11.3 Å². The van der Waals surface area contributed by atoms with Crippen LogP contribution in [0, 0.1) is 11.3 Å². The van der Waals surface area contributed by atoms with E-state index in [4.69, 9.17) is 9.47 Å². The Balaban J connectivity index is 1.71. The largest absolute Gasteiger partial charge is 0.498 e. The zero-order chi connectivity index (χ0) is 18.7. The van der Waals surface area contributed by atoms with Gasteiger partial charge >= 0.3 is 5.97 Å². The van der Waals surface area contributed by atoms with Crippen LogP contribution >= 0.6 is 0 Å². The van der Waals surface area contributed by atoms with E-state index in [0.29, 0.717) is 23.5 Å². The molecule has 2 aliphatic rings. The minimum absolute atomic E-state index is 0.261. The highest BCUT2D eigenvalue weighted by molar-refractivity contribution is 5.89. The summed E-state index contributed by atoms with van der Waals surface area (Å²) >= 11 is 0. The van der Waals surface area contributed by atoms with Crippen LogP contribution < -0.4 is 0 Å². The van der Waals surface area contributed by atoms with Crippen LogP contribution in [0.3, 0.4) is 0 Å². The Kier molecular flexibility index (Phi) is 5.55. The summed E-state index contributed by atoms with van der Waals surface area (Å²) in [6.07, 6.45) is 6.70. The number of carbonyl (C=O) groups excluding carboxylic acids is 1. The number of carbonyl (C=O) groups is 1.